The number of amides is 1. The van der Waals surface area contributed by atoms with E-state index in [-0.39, 0.29) is 16.1 Å². The summed E-state index contributed by atoms with van der Waals surface area (Å²) >= 11 is 0. The fraction of sp³-hybridized carbons (Fsp3) is 0.381. The van der Waals surface area contributed by atoms with E-state index in [2.05, 4.69) is 19.2 Å². The molecule has 1 aliphatic rings. The Bertz CT molecular complexity index is 1060. The molecule has 1 amide bonds. The minimum atomic E-state index is -3.59. The number of nitrogens with one attached hydrogen (secondary N) is 1. The monoisotopic (exact) mass is 431 g/mol. The number of sulfonamides is 1. The highest BCUT2D eigenvalue weighted by atomic mass is 32.2. The van der Waals surface area contributed by atoms with E-state index >= 15 is 0 Å². The second-order valence-electron chi connectivity index (χ2n) is 8.00. The first-order chi connectivity index (χ1) is 14.1. The van der Waals surface area contributed by atoms with Gasteiger partial charge >= 0.3 is 0 Å². The van der Waals surface area contributed by atoms with Crippen molar-refractivity contribution in [3.8, 4) is 0 Å². The zero-order chi connectivity index (χ0) is 22.1. The fourth-order valence-corrected chi connectivity index (χ4v) is 5.55. The largest absolute Gasteiger partial charge is 0.322 e. The molecule has 2 atom stereocenters. The third-order valence-electron chi connectivity index (χ3n) is 5.24. The molecule has 0 saturated carbocycles. The lowest BCUT2D eigenvalue weighted by Crippen LogP contribution is -2.42. The summed E-state index contributed by atoms with van der Waals surface area (Å²) in [6.45, 7) is 6.68. The maximum atomic E-state index is 12.9. The van der Waals surface area contributed by atoms with Crippen molar-refractivity contribution in [2.45, 2.75) is 32.1 Å². The summed E-state index contributed by atoms with van der Waals surface area (Å²) in [6.07, 6.45) is 1.01. The van der Waals surface area contributed by atoms with Gasteiger partial charge in [0, 0.05) is 36.0 Å². The smallest absolute Gasteiger partial charge is 0.272 e. The zero-order valence-electron chi connectivity index (χ0n) is 17.2. The summed E-state index contributed by atoms with van der Waals surface area (Å²) in [5.41, 5.74) is 1.06. The van der Waals surface area contributed by atoms with Gasteiger partial charge in [0.25, 0.3) is 11.6 Å². The summed E-state index contributed by atoms with van der Waals surface area (Å²) in [7, 11) is -3.59. The average Bonchev–Trinajstić information content (AvgIpc) is 2.67. The van der Waals surface area contributed by atoms with Crippen molar-refractivity contribution in [1.82, 2.24) is 4.31 Å². The molecule has 0 aromatic heterocycles. The predicted molar refractivity (Wildman–Crippen MR) is 114 cm³/mol. The average molecular weight is 432 g/mol. The Labute approximate surface area is 176 Å². The number of nitro benzene ring substituents is 1. The Hall–Kier alpha value is -2.78. The molecular weight excluding hydrogens is 406 g/mol. The Morgan fingerprint density at radius 1 is 1.10 bits per heavy atom. The third kappa shape index (κ3) is 4.68. The number of carbonyl (C=O) groups is 1. The molecule has 1 saturated heterocycles. The maximum Gasteiger partial charge on any atom is 0.272 e. The Morgan fingerprint density at radius 2 is 1.70 bits per heavy atom. The van der Waals surface area contributed by atoms with Crippen LogP contribution in [0.5, 0.6) is 0 Å². The highest BCUT2D eigenvalue weighted by Crippen LogP contribution is 2.27. The van der Waals surface area contributed by atoms with Gasteiger partial charge in [-0.05, 0) is 61.6 Å². The van der Waals surface area contributed by atoms with E-state index in [0.29, 0.717) is 36.2 Å². The number of benzene rings is 2. The minimum Gasteiger partial charge on any atom is -0.322 e. The highest BCUT2D eigenvalue weighted by Gasteiger charge is 2.31. The molecule has 0 aliphatic carbocycles. The predicted octanol–water partition coefficient (Wildman–Crippen LogP) is 3.82. The Balaban J connectivity index is 1.73. The lowest BCUT2D eigenvalue weighted by Gasteiger charge is -2.34. The van der Waals surface area contributed by atoms with Crippen LogP contribution in [0.4, 0.5) is 11.4 Å². The molecule has 160 valence electrons. The van der Waals surface area contributed by atoms with Crippen LogP contribution in [-0.4, -0.2) is 36.6 Å². The Morgan fingerprint density at radius 3 is 2.23 bits per heavy atom. The molecule has 8 nitrogen and oxygen atoms in total. The van der Waals surface area contributed by atoms with Crippen LogP contribution in [-0.2, 0) is 10.0 Å². The topological polar surface area (TPSA) is 110 Å². The molecule has 1 aliphatic heterocycles. The van der Waals surface area contributed by atoms with Crippen LogP contribution in [0.15, 0.2) is 47.4 Å². The van der Waals surface area contributed by atoms with E-state index in [1.54, 1.807) is 19.1 Å². The lowest BCUT2D eigenvalue weighted by molar-refractivity contribution is -0.385. The van der Waals surface area contributed by atoms with E-state index in [0.717, 1.165) is 6.42 Å². The van der Waals surface area contributed by atoms with E-state index in [1.807, 2.05) is 0 Å². The van der Waals surface area contributed by atoms with Crippen LogP contribution < -0.4 is 5.32 Å². The molecule has 3 rings (SSSR count). The summed E-state index contributed by atoms with van der Waals surface area (Å²) in [5, 5.41) is 13.6. The molecule has 0 unspecified atom stereocenters. The van der Waals surface area contributed by atoms with Crippen LogP contribution >= 0.6 is 0 Å². The molecule has 30 heavy (non-hydrogen) atoms. The van der Waals surface area contributed by atoms with Crippen molar-refractivity contribution in [3.63, 3.8) is 0 Å². The molecule has 1 fully saturated rings. The van der Waals surface area contributed by atoms with Crippen LogP contribution in [0.25, 0.3) is 0 Å². The van der Waals surface area contributed by atoms with Gasteiger partial charge in [0.05, 0.1) is 9.82 Å². The number of nitrogens with zero attached hydrogens (tertiary/aromatic N) is 2. The van der Waals surface area contributed by atoms with Gasteiger partial charge in [0.2, 0.25) is 10.0 Å². The number of piperidine rings is 1. The van der Waals surface area contributed by atoms with Crippen LogP contribution in [0, 0.1) is 28.9 Å². The molecule has 1 N–H and O–H groups in total. The first kappa shape index (κ1) is 21.9. The van der Waals surface area contributed by atoms with E-state index < -0.39 is 20.9 Å². The summed E-state index contributed by atoms with van der Waals surface area (Å²) < 4.78 is 27.4. The van der Waals surface area contributed by atoms with Crippen molar-refractivity contribution in [2.24, 2.45) is 11.8 Å². The van der Waals surface area contributed by atoms with Gasteiger partial charge < -0.3 is 5.32 Å². The SMILES string of the molecule is Cc1cc(C(=O)Nc2ccc(S(=O)(=O)N3C[C@@H](C)C[C@H](C)C3)cc2)ccc1[N+](=O)[O-]. The van der Waals surface area contributed by atoms with Gasteiger partial charge in [0.15, 0.2) is 0 Å². The fourth-order valence-electron chi connectivity index (χ4n) is 3.87. The van der Waals surface area contributed by atoms with Gasteiger partial charge in [-0.3, -0.25) is 14.9 Å². The third-order valence-corrected chi connectivity index (χ3v) is 7.09. The molecule has 2 aromatic rings. The number of rotatable bonds is 5. The number of hydrogen-bond acceptors (Lipinski definition) is 5. The second-order valence-corrected chi connectivity index (χ2v) is 9.94. The number of hydrogen-bond donors (Lipinski definition) is 1. The summed E-state index contributed by atoms with van der Waals surface area (Å²) in [6, 6.07) is 10.2. The summed E-state index contributed by atoms with van der Waals surface area (Å²) in [4.78, 5) is 23.0. The quantitative estimate of drug-likeness (QED) is 0.572. The van der Waals surface area contributed by atoms with Crippen LogP contribution in [0.3, 0.4) is 0 Å². The van der Waals surface area contributed by atoms with Crippen molar-refractivity contribution in [3.05, 3.63) is 63.7 Å². The maximum absolute atomic E-state index is 12.9. The summed E-state index contributed by atoms with van der Waals surface area (Å²) in [5.74, 6) is 0.196. The van der Waals surface area contributed by atoms with Gasteiger partial charge in [-0.15, -0.1) is 0 Å². The van der Waals surface area contributed by atoms with Crippen LogP contribution in [0.1, 0.15) is 36.2 Å². The first-order valence-corrected chi connectivity index (χ1v) is 11.2. The van der Waals surface area contributed by atoms with Crippen molar-refractivity contribution in [2.75, 3.05) is 18.4 Å². The van der Waals surface area contributed by atoms with E-state index in [9.17, 15) is 23.3 Å². The Kier molecular flexibility index (Phi) is 6.23. The standard InChI is InChI=1S/C21H25N3O5S/c1-14-10-15(2)13-23(12-14)30(28,29)19-7-5-18(6-8-19)22-21(25)17-4-9-20(24(26)27)16(3)11-17/h4-9,11,14-15H,10,12-13H2,1-3H3,(H,22,25)/t14-,15-/m0/s1. The number of anilines is 1. The van der Waals surface area contributed by atoms with Crippen molar-refractivity contribution in [1.29, 1.82) is 0 Å². The molecule has 9 heteroatoms. The molecular formula is C21H25N3O5S. The molecule has 0 radical (unpaired) electrons. The van der Waals surface area contributed by atoms with Gasteiger partial charge in [-0.1, -0.05) is 13.8 Å². The normalized spacial score (nSPS) is 20.0. The van der Waals surface area contributed by atoms with E-state index in [1.165, 1.54) is 34.6 Å². The first-order valence-electron chi connectivity index (χ1n) is 9.74. The molecule has 0 bridgehead atoms. The molecule has 2 aromatic carbocycles. The number of aryl methyl sites for hydroxylation is 1. The minimum absolute atomic E-state index is 0.0533. The highest BCUT2D eigenvalue weighted by molar-refractivity contribution is 7.89. The van der Waals surface area contributed by atoms with Crippen molar-refractivity contribution >= 4 is 27.3 Å². The second kappa shape index (κ2) is 8.53. The number of carbonyl (C=O) groups excluding carboxylic acids is 1. The molecule has 1 heterocycles. The van der Waals surface area contributed by atoms with Gasteiger partial charge in [-0.2, -0.15) is 4.31 Å². The lowest BCUT2D eigenvalue weighted by atomic mass is 9.94. The van der Waals surface area contributed by atoms with Gasteiger partial charge in [-0.25, -0.2) is 8.42 Å². The zero-order valence-corrected chi connectivity index (χ0v) is 18.0. The van der Waals surface area contributed by atoms with Gasteiger partial charge in [0.1, 0.15) is 0 Å². The van der Waals surface area contributed by atoms with Crippen LogP contribution in [0.2, 0.25) is 0 Å². The van der Waals surface area contributed by atoms with Crippen molar-refractivity contribution < 1.29 is 18.1 Å². The number of nitro groups is 1. The van der Waals surface area contributed by atoms with E-state index in [4.69, 9.17) is 0 Å². The molecule has 0 spiro atoms.